The first-order chi connectivity index (χ1) is 9.78. The number of hydrogen-bond acceptors (Lipinski definition) is 3. The van der Waals surface area contributed by atoms with Crippen molar-refractivity contribution >= 4 is 27.3 Å². The van der Waals surface area contributed by atoms with Gasteiger partial charge in [-0.2, -0.15) is 0 Å². The van der Waals surface area contributed by atoms with E-state index in [0.717, 1.165) is 17.6 Å². The third-order valence-electron chi connectivity index (χ3n) is 4.07. The Kier molecular flexibility index (Phi) is 4.56. The van der Waals surface area contributed by atoms with Crippen molar-refractivity contribution in [2.75, 3.05) is 19.6 Å². The summed E-state index contributed by atoms with van der Waals surface area (Å²) in [7, 11) is 0. The number of nitrogens with zero attached hydrogens (tertiary/aromatic N) is 1. The van der Waals surface area contributed by atoms with Crippen molar-refractivity contribution in [3.05, 3.63) is 56.7 Å². The van der Waals surface area contributed by atoms with Gasteiger partial charge in [-0.25, -0.2) is 0 Å². The minimum atomic E-state index is 0.361. The van der Waals surface area contributed by atoms with Gasteiger partial charge in [0, 0.05) is 27.8 Å². The van der Waals surface area contributed by atoms with Crippen molar-refractivity contribution in [1.29, 1.82) is 0 Å². The zero-order valence-corrected chi connectivity index (χ0v) is 13.7. The Labute approximate surface area is 132 Å². The first-order valence-corrected chi connectivity index (χ1v) is 8.68. The summed E-state index contributed by atoms with van der Waals surface area (Å²) < 4.78 is 1.16. The van der Waals surface area contributed by atoms with Crippen LogP contribution in [0.5, 0.6) is 0 Å². The average Bonchev–Trinajstić information content (AvgIpc) is 3.11. The summed E-state index contributed by atoms with van der Waals surface area (Å²) in [5, 5.41) is 2.14. The average molecular weight is 351 g/mol. The van der Waals surface area contributed by atoms with E-state index < -0.39 is 0 Å². The van der Waals surface area contributed by atoms with E-state index in [9.17, 15) is 0 Å². The van der Waals surface area contributed by atoms with E-state index >= 15 is 0 Å². The molecule has 1 fully saturated rings. The first-order valence-electron chi connectivity index (χ1n) is 7.01. The standard InChI is InChI=1S/C16H19BrN2S/c17-14-8-16(20-11-14)15(9-18)19-7-6-13(10-19)12-4-2-1-3-5-12/h1-5,8,11,13,15H,6-7,9-10,18H2. The molecule has 1 aromatic heterocycles. The van der Waals surface area contributed by atoms with Crippen LogP contribution in [-0.4, -0.2) is 24.5 Å². The van der Waals surface area contributed by atoms with Crippen molar-refractivity contribution in [1.82, 2.24) is 4.90 Å². The zero-order valence-electron chi connectivity index (χ0n) is 11.3. The molecule has 2 unspecified atom stereocenters. The van der Waals surface area contributed by atoms with Gasteiger partial charge in [-0.05, 0) is 46.4 Å². The Hall–Kier alpha value is -0.680. The van der Waals surface area contributed by atoms with E-state index in [2.05, 4.69) is 62.6 Å². The van der Waals surface area contributed by atoms with E-state index in [-0.39, 0.29) is 0 Å². The second kappa shape index (κ2) is 6.39. The molecule has 1 aliphatic rings. The van der Waals surface area contributed by atoms with Crippen LogP contribution in [0.25, 0.3) is 0 Å². The summed E-state index contributed by atoms with van der Waals surface area (Å²) >= 11 is 5.34. The van der Waals surface area contributed by atoms with Crippen LogP contribution in [-0.2, 0) is 0 Å². The number of thiophene rings is 1. The molecule has 0 saturated carbocycles. The monoisotopic (exact) mass is 350 g/mol. The fourth-order valence-electron chi connectivity index (χ4n) is 3.02. The molecule has 106 valence electrons. The molecule has 2 heterocycles. The molecule has 1 saturated heterocycles. The first kappa shape index (κ1) is 14.3. The van der Waals surface area contributed by atoms with Crippen LogP contribution < -0.4 is 5.73 Å². The van der Waals surface area contributed by atoms with Crippen LogP contribution in [0.3, 0.4) is 0 Å². The second-order valence-electron chi connectivity index (χ2n) is 5.31. The van der Waals surface area contributed by atoms with E-state index in [4.69, 9.17) is 5.73 Å². The van der Waals surface area contributed by atoms with Crippen LogP contribution in [0.4, 0.5) is 0 Å². The number of likely N-dealkylation sites (tertiary alicyclic amines) is 1. The number of hydrogen-bond donors (Lipinski definition) is 1. The molecule has 2 aromatic rings. The minimum absolute atomic E-state index is 0.361. The van der Waals surface area contributed by atoms with Gasteiger partial charge < -0.3 is 5.73 Å². The molecule has 20 heavy (non-hydrogen) atoms. The third kappa shape index (κ3) is 2.98. The Balaban J connectivity index is 1.72. The molecule has 2 nitrogen and oxygen atoms in total. The fourth-order valence-corrected chi connectivity index (χ4v) is 4.61. The number of benzene rings is 1. The molecular formula is C16H19BrN2S. The molecular weight excluding hydrogens is 332 g/mol. The maximum Gasteiger partial charge on any atom is 0.0564 e. The van der Waals surface area contributed by atoms with Gasteiger partial charge in [-0.15, -0.1) is 11.3 Å². The second-order valence-corrected chi connectivity index (χ2v) is 7.17. The molecule has 2 N–H and O–H groups in total. The molecule has 0 amide bonds. The van der Waals surface area contributed by atoms with Crippen LogP contribution in [0, 0.1) is 0 Å². The molecule has 0 spiro atoms. The van der Waals surface area contributed by atoms with Gasteiger partial charge in [0.2, 0.25) is 0 Å². The predicted molar refractivity (Wildman–Crippen MR) is 89.2 cm³/mol. The Morgan fingerprint density at radius 1 is 1.35 bits per heavy atom. The van der Waals surface area contributed by atoms with Gasteiger partial charge in [-0.1, -0.05) is 30.3 Å². The molecule has 0 aliphatic carbocycles. The number of rotatable bonds is 4. The fraction of sp³-hybridized carbons (Fsp3) is 0.375. The minimum Gasteiger partial charge on any atom is -0.329 e. The maximum atomic E-state index is 6.03. The lowest BCUT2D eigenvalue weighted by atomic mass is 9.99. The topological polar surface area (TPSA) is 29.3 Å². The lowest BCUT2D eigenvalue weighted by Gasteiger charge is -2.25. The van der Waals surface area contributed by atoms with Crippen LogP contribution in [0.1, 0.15) is 28.8 Å². The summed E-state index contributed by atoms with van der Waals surface area (Å²) in [6.45, 7) is 2.94. The summed E-state index contributed by atoms with van der Waals surface area (Å²) in [5.41, 5.74) is 7.48. The van der Waals surface area contributed by atoms with E-state index in [1.165, 1.54) is 16.9 Å². The maximum absolute atomic E-state index is 6.03. The van der Waals surface area contributed by atoms with Crippen molar-refractivity contribution < 1.29 is 0 Å². The number of nitrogens with two attached hydrogens (primary N) is 1. The third-order valence-corrected chi connectivity index (χ3v) is 5.87. The summed E-state index contributed by atoms with van der Waals surface area (Å²) in [6, 6.07) is 13.4. The van der Waals surface area contributed by atoms with Gasteiger partial charge in [-0.3, -0.25) is 4.90 Å². The molecule has 0 bridgehead atoms. The van der Waals surface area contributed by atoms with Crippen LogP contribution in [0.15, 0.2) is 46.3 Å². The number of halogens is 1. The lowest BCUT2D eigenvalue weighted by molar-refractivity contribution is 0.251. The summed E-state index contributed by atoms with van der Waals surface area (Å²) in [5.74, 6) is 0.647. The molecule has 3 rings (SSSR count). The summed E-state index contributed by atoms with van der Waals surface area (Å²) in [6.07, 6.45) is 1.23. The van der Waals surface area contributed by atoms with Crippen molar-refractivity contribution in [3.8, 4) is 0 Å². The van der Waals surface area contributed by atoms with Crippen LogP contribution >= 0.6 is 27.3 Å². The largest absolute Gasteiger partial charge is 0.329 e. The lowest BCUT2D eigenvalue weighted by Crippen LogP contribution is -2.31. The molecule has 1 aliphatic heterocycles. The van der Waals surface area contributed by atoms with E-state index in [0.29, 0.717) is 18.5 Å². The normalized spacial score (nSPS) is 21.2. The predicted octanol–water partition coefficient (Wildman–Crippen LogP) is 4.00. The van der Waals surface area contributed by atoms with Gasteiger partial charge in [0.1, 0.15) is 0 Å². The highest BCUT2D eigenvalue weighted by Crippen LogP contribution is 2.35. The molecule has 1 aromatic carbocycles. The van der Waals surface area contributed by atoms with Crippen LogP contribution in [0.2, 0.25) is 0 Å². The zero-order chi connectivity index (χ0) is 13.9. The Morgan fingerprint density at radius 2 is 2.15 bits per heavy atom. The Morgan fingerprint density at radius 3 is 2.80 bits per heavy atom. The highest BCUT2D eigenvalue weighted by molar-refractivity contribution is 9.10. The van der Waals surface area contributed by atoms with Gasteiger partial charge >= 0.3 is 0 Å². The van der Waals surface area contributed by atoms with Crippen molar-refractivity contribution in [3.63, 3.8) is 0 Å². The summed E-state index contributed by atoms with van der Waals surface area (Å²) in [4.78, 5) is 3.91. The van der Waals surface area contributed by atoms with Crippen molar-refractivity contribution in [2.24, 2.45) is 5.73 Å². The van der Waals surface area contributed by atoms with Crippen molar-refractivity contribution in [2.45, 2.75) is 18.4 Å². The van der Waals surface area contributed by atoms with E-state index in [1.54, 1.807) is 11.3 Å². The molecule has 0 radical (unpaired) electrons. The quantitative estimate of drug-likeness (QED) is 0.902. The molecule has 2 atom stereocenters. The molecule has 4 heteroatoms. The highest BCUT2D eigenvalue weighted by Gasteiger charge is 2.29. The highest BCUT2D eigenvalue weighted by atomic mass is 79.9. The SMILES string of the molecule is NCC(c1cc(Br)cs1)N1CCC(c2ccccc2)C1. The van der Waals surface area contributed by atoms with Gasteiger partial charge in [0.15, 0.2) is 0 Å². The Bertz CT molecular complexity index is 555. The van der Waals surface area contributed by atoms with Gasteiger partial charge in [0.25, 0.3) is 0 Å². The van der Waals surface area contributed by atoms with E-state index in [1.807, 2.05) is 0 Å². The smallest absolute Gasteiger partial charge is 0.0564 e. The van der Waals surface area contributed by atoms with Gasteiger partial charge in [0.05, 0.1) is 6.04 Å².